The van der Waals surface area contributed by atoms with Gasteiger partial charge in [0.1, 0.15) is 17.2 Å². The average molecular weight is 346 g/mol. The minimum Gasteiger partial charge on any atom is -0.497 e. The Labute approximate surface area is 154 Å². The highest BCUT2D eigenvalue weighted by molar-refractivity contribution is 5.61. The van der Waals surface area contributed by atoms with E-state index in [0.29, 0.717) is 0 Å². The monoisotopic (exact) mass is 346 g/mol. The average Bonchev–Trinajstić information content (AvgIpc) is 2.71. The minimum atomic E-state index is 0.119. The predicted octanol–water partition coefficient (Wildman–Crippen LogP) is 4.80. The molecule has 0 bridgehead atoms. The van der Waals surface area contributed by atoms with Crippen molar-refractivity contribution in [2.75, 3.05) is 21.3 Å². The third-order valence-corrected chi connectivity index (χ3v) is 5.18. The zero-order valence-electron chi connectivity index (χ0n) is 15.3. The lowest BCUT2D eigenvalue weighted by molar-refractivity contribution is 0.402. The van der Waals surface area contributed by atoms with Crippen LogP contribution in [0, 0.1) is 0 Å². The highest BCUT2D eigenvalue weighted by Crippen LogP contribution is 2.46. The molecule has 0 unspecified atom stereocenters. The largest absolute Gasteiger partial charge is 0.497 e. The predicted molar refractivity (Wildman–Crippen MR) is 103 cm³/mol. The van der Waals surface area contributed by atoms with E-state index in [1.807, 2.05) is 24.3 Å². The zero-order chi connectivity index (χ0) is 18.1. The summed E-state index contributed by atoms with van der Waals surface area (Å²) >= 11 is 0. The van der Waals surface area contributed by atoms with E-state index in [0.717, 1.165) is 23.7 Å². The molecule has 0 saturated carbocycles. The first-order valence-electron chi connectivity index (χ1n) is 8.72. The van der Waals surface area contributed by atoms with E-state index in [9.17, 15) is 0 Å². The Morgan fingerprint density at radius 3 is 1.81 bits per heavy atom. The van der Waals surface area contributed by atoms with Crippen molar-refractivity contribution in [1.82, 2.24) is 0 Å². The molecule has 132 valence electrons. The van der Waals surface area contributed by atoms with Gasteiger partial charge in [0.15, 0.2) is 0 Å². The Balaban J connectivity index is 1.99. The van der Waals surface area contributed by atoms with Gasteiger partial charge in [-0.05, 0) is 41.0 Å². The summed E-state index contributed by atoms with van der Waals surface area (Å²) in [5.41, 5.74) is 6.20. The molecular weight excluding hydrogens is 324 g/mol. The standard InChI is InChI=1S/C23H22O3/c1-24-16-8-4-7-15(13-16)23-17-9-5-11-21(25-2)19(17)14-20-18(23)10-6-12-22(20)26-3/h4-13,23H,14H2,1-3H3. The van der Waals surface area contributed by atoms with Crippen LogP contribution in [0.15, 0.2) is 60.7 Å². The van der Waals surface area contributed by atoms with E-state index in [1.165, 1.54) is 27.8 Å². The van der Waals surface area contributed by atoms with Gasteiger partial charge in [0.05, 0.1) is 21.3 Å². The molecule has 0 aromatic heterocycles. The Bertz CT molecular complexity index is 892. The summed E-state index contributed by atoms with van der Waals surface area (Å²) in [5, 5.41) is 0. The summed E-state index contributed by atoms with van der Waals surface area (Å²) in [4.78, 5) is 0. The van der Waals surface area contributed by atoms with E-state index in [-0.39, 0.29) is 5.92 Å². The van der Waals surface area contributed by atoms with Crippen LogP contribution in [0.2, 0.25) is 0 Å². The number of hydrogen-bond acceptors (Lipinski definition) is 3. The first-order valence-corrected chi connectivity index (χ1v) is 8.72. The highest BCUT2D eigenvalue weighted by atomic mass is 16.5. The Morgan fingerprint density at radius 2 is 1.27 bits per heavy atom. The summed E-state index contributed by atoms with van der Waals surface area (Å²) in [5.74, 6) is 2.83. The smallest absolute Gasteiger partial charge is 0.122 e. The maximum atomic E-state index is 5.66. The van der Waals surface area contributed by atoms with Gasteiger partial charge >= 0.3 is 0 Å². The number of rotatable bonds is 4. The first-order chi connectivity index (χ1) is 12.8. The topological polar surface area (TPSA) is 27.7 Å². The Hall–Kier alpha value is -2.94. The maximum Gasteiger partial charge on any atom is 0.122 e. The molecule has 3 aromatic carbocycles. The third-order valence-electron chi connectivity index (χ3n) is 5.18. The molecule has 0 heterocycles. The zero-order valence-corrected chi connectivity index (χ0v) is 15.3. The maximum absolute atomic E-state index is 5.66. The van der Waals surface area contributed by atoms with Crippen LogP contribution in [0.4, 0.5) is 0 Å². The molecular formula is C23H22O3. The number of hydrogen-bond donors (Lipinski definition) is 0. The molecule has 0 radical (unpaired) electrons. The van der Waals surface area contributed by atoms with Crippen molar-refractivity contribution in [2.24, 2.45) is 0 Å². The number of fused-ring (bicyclic) bond motifs is 2. The van der Waals surface area contributed by atoms with Crippen LogP contribution in [-0.2, 0) is 6.42 Å². The van der Waals surface area contributed by atoms with Gasteiger partial charge in [-0.2, -0.15) is 0 Å². The molecule has 3 nitrogen and oxygen atoms in total. The van der Waals surface area contributed by atoms with E-state index in [2.05, 4.69) is 36.4 Å². The first kappa shape index (κ1) is 16.5. The van der Waals surface area contributed by atoms with Gasteiger partial charge in [-0.15, -0.1) is 0 Å². The van der Waals surface area contributed by atoms with Crippen LogP contribution in [0.5, 0.6) is 17.2 Å². The van der Waals surface area contributed by atoms with E-state index >= 15 is 0 Å². The lowest BCUT2D eigenvalue weighted by Crippen LogP contribution is -2.16. The van der Waals surface area contributed by atoms with Crippen molar-refractivity contribution in [1.29, 1.82) is 0 Å². The summed E-state index contributed by atoms with van der Waals surface area (Å²) in [6.07, 6.45) is 0.805. The van der Waals surface area contributed by atoms with Gasteiger partial charge in [-0.1, -0.05) is 36.4 Å². The molecule has 0 aliphatic heterocycles. The second-order valence-electron chi connectivity index (χ2n) is 6.44. The summed E-state index contributed by atoms with van der Waals surface area (Å²) in [6.45, 7) is 0. The SMILES string of the molecule is COc1cccc(C2c3cccc(OC)c3Cc3c(OC)cccc32)c1. The summed E-state index contributed by atoms with van der Waals surface area (Å²) in [7, 11) is 5.16. The van der Waals surface area contributed by atoms with Crippen LogP contribution in [0.1, 0.15) is 33.7 Å². The molecule has 3 aromatic rings. The van der Waals surface area contributed by atoms with E-state index in [1.54, 1.807) is 21.3 Å². The van der Waals surface area contributed by atoms with Crippen LogP contribution < -0.4 is 14.2 Å². The van der Waals surface area contributed by atoms with Crippen molar-refractivity contribution in [3.63, 3.8) is 0 Å². The number of benzene rings is 3. The number of methoxy groups -OCH3 is 3. The fraction of sp³-hybridized carbons (Fsp3) is 0.217. The molecule has 0 saturated heterocycles. The van der Waals surface area contributed by atoms with E-state index < -0.39 is 0 Å². The van der Waals surface area contributed by atoms with Crippen LogP contribution in [0.25, 0.3) is 0 Å². The molecule has 4 rings (SSSR count). The van der Waals surface area contributed by atoms with Crippen LogP contribution >= 0.6 is 0 Å². The van der Waals surface area contributed by atoms with Crippen molar-refractivity contribution < 1.29 is 14.2 Å². The lowest BCUT2D eigenvalue weighted by atomic mass is 9.74. The quantitative estimate of drug-likeness (QED) is 0.531. The van der Waals surface area contributed by atoms with Gasteiger partial charge < -0.3 is 14.2 Å². The van der Waals surface area contributed by atoms with Crippen molar-refractivity contribution in [3.05, 3.63) is 88.5 Å². The molecule has 0 fully saturated rings. The Morgan fingerprint density at radius 1 is 0.692 bits per heavy atom. The van der Waals surface area contributed by atoms with E-state index in [4.69, 9.17) is 14.2 Å². The van der Waals surface area contributed by atoms with Crippen LogP contribution in [-0.4, -0.2) is 21.3 Å². The molecule has 1 aliphatic carbocycles. The van der Waals surface area contributed by atoms with Crippen molar-refractivity contribution in [3.8, 4) is 17.2 Å². The Kier molecular flexibility index (Phi) is 4.29. The second-order valence-corrected chi connectivity index (χ2v) is 6.44. The number of ether oxygens (including phenoxy) is 3. The molecule has 0 spiro atoms. The van der Waals surface area contributed by atoms with Gasteiger partial charge in [0, 0.05) is 23.5 Å². The fourth-order valence-corrected chi connectivity index (χ4v) is 3.99. The molecule has 0 atom stereocenters. The molecule has 26 heavy (non-hydrogen) atoms. The van der Waals surface area contributed by atoms with Gasteiger partial charge in [0.25, 0.3) is 0 Å². The normalized spacial score (nSPS) is 12.9. The van der Waals surface area contributed by atoms with Gasteiger partial charge in [0.2, 0.25) is 0 Å². The third kappa shape index (κ3) is 2.60. The van der Waals surface area contributed by atoms with Crippen LogP contribution in [0.3, 0.4) is 0 Å². The molecule has 3 heteroatoms. The fourth-order valence-electron chi connectivity index (χ4n) is 3.99. The van der Waals surface area contributed by atoms with Crippen molar-refractivity contribution >= 4 is 0 Å². The van der Waals surface area contributed by atoms with Crippen molar-refractivity contribution in [2.45, 2.75) is 12.3 Å². The molecule has 0 amide bonds. The summed E-state index contributed by atoms with van der Waals surface area (Å²) in [6, 6.07) is 20.9. The minimum absolute atomic E-state index is 0.119. The van der Waals surface area contributed by atoms with Gasteiger partial charge in [-0.3, -0.25) is 0 Å². The molecule has 1 aliphatic rings. The summed E-state index contributed by atoms with van der Waals surface area (Å²) < 4.78 is 16.8. The highest BCUT2D eigenvalue weighted by Gasteiger charge is 2.30. The second kappa shape index (κ2) is 6.75. The lowest BCUT2D eigenvalue weighted by Gasteiger charge is -2.31. The van der Waals surface area contributed by atoms with Gasteiger partial charge in [-0.25, -0.2) is 0 Å². The molecule has 0 N–H and O–H groups in total.